The van der Waals surface area contributed by atoms with Gasteiger partial charge in [0.1, 0.15) is 5.54 Å². The van der Waals surface area contributed by atoms with Gasteiger partial charge in [0.2, 0.25) is 0 Å². The fourth-order valence-corrected chi connectivity index (χ4v) is 1.40. The molecule has 2 N–H and O–H groups in total. The number of hydrogen-bond donors (Lipinski definition) is 2. The van der Waals surface area contributed by atoms with Crippen molar-refractivity contribution < 1.29 is 5.11 Å². The molecule has 1 aliphatic rings. The van der Waals surface area contributed by atoms with Gasteiger partial charge in [0.15, 0.2) is 0 Å². The molecule has 3 heteroatoms. The molecule has 2 atom stereocenters. The number of aliphatic hydroxyl groups is 1. The smallest absolute Gasteiger partial charge is 0.109 e. The minimum atomic E-state index is -0.445. The molecule has 0 spiro atoms. The second kappa shape index (κ2) is 2.57. The van der Waals surface area contributed by atoms with Gasteiger partial charge in [-0.15, -0.1) is 0 Å². The SMILES string of the molecule is CNC1(C#N)CCC(O)C1. The highest BCUT2D eigenvalue weighted by atomic mass is 16.3. The van der Waals surface area contributed by atoms with Crippen molar-refractivity contribution in [3.63, 3.8) is 0 Å². The Morgan fingerprint density at radius 2 is 2.50 bits per heavy atom. The molecular formula is C7H12N2O. The van der Waals surface area contributed by atoms with E-state index in [4.69, 9.17) is 10.4 Å². The molecule has 0 aromatic carbocycles. The predicted octanol–water partition coefficient (Wildman–Crippen LogP) is 0.0130. The predicted molar refractivity (Wildman–Crippen MR) is 37.3 cm³/mol. The van der Waals surface area contributed by atoms with Gasteiger partial charge in [-0.2, -0.15) is 5.26 Å². The van der Waals surface area contributed by atoms with Crippen LogP contribution in [0.15, 0.2) is 0 Å². The number of nitriles is 1. The number of rotatable bonds is 1. The zero-order chi connectivity index (χ0) is 7.61. The summed E-state index contributed by atoms with van der Waals surface area (Å²) in [5.41, 5.74) is -0.445. The Kier molecular flexibility index (Phi) is 1.93. The summed E-state index contributed by atoms with van der Waals surface area (Å²) in [6, 6.07) is 2.19. The highest BCUT2D eigenvalue weighted by Gasteiger charge is 2.36. The maximum atomic E-state index is 9.14. The van der Waals surface area contributed by atoms with Crippen LogP contribution in [0.5, 0.6) is 0 Å². The van der Waals surface area contributed by atoms with Crippen molar-refractivity contribution in [2.45, 2.75) is 30.9 Å². The van der Waals surface area contributed by atoms with Crippen molar-refractivity contribution in [2.75, 3.05) is 7.05 Å². The van der Waals surface area contributed by atoms with Crippen LogP contribution in [0.2, 0.25) is 0 Å². The third kappa shape index (κ3) is 1.13. The van der Waals surface area contributed by atoms with Crippen LogP contribution < -0.4 is 5.32 Å². The van der Waals surface area contributed by atoms with Crippen molar-refractivity contribution in [2.24, 2.45) is 0 Å². The first-order valence-electron chi connectivity index (χ1n) is 3.51. The topological polar surface area (TPSA) is 56.0 Å². The zero-order valence-corrected chi connectivity index (χ0v) is 6.09. The van der Waals surface area contributed by atoms with E-state index < -0.39 is 5.54 Å². The zero-order valence-electron chi connectivity index (χ0n) is 6.09. The number of nitrogens with one attached hydrogen (secondary N) is 1. The second-order valence-electron chi connectivity index (χ2n) is 2.84. The fourth-order valence-electron chi connectivity index (χ4n) is 1.40. The van der Waals surface area contributed by atoms with Crippen molar-refractivity contribution in [3.05, 3.63) is 0 Å². The molecular weight excluding hydrogens is 128 g/mol. The van der Waals surface area contributed by atoms with Crippen LogP contribution in [0, 0.1) is 11.3 Å². The Labute approximate surface area is 60.7 Å². The van der Waals surface area contributed by atoms with Gasteiger partial charge in [0, 0.05) is 6.42 Å². The highest BCUT2D eigenvalue weighted by molar-refractivity contribution is 5.11. The maximum Gasteiger partial charge on any atom is 0.109 e. The van der Waals surface area contributed by atoms with E-state index in [2.05, 4.69) is 11.4 Å². The first-order valence-corrected chi connectivity index (χ1v) is 3.51. The summed E-state index contributed by atoms with van der Waals surface area (Å²) in [5, 5.41) is 20.8. The molecule has 2 unspecified atom stereocenters. The quantitative estimate of drug-likeness (QED) is 0.539. The van der Waals surface area contributed by atoms with Crippen LogP contribution in [0.25, 0.3) is 0 Å². The first kappa shape index (κ1) is 7.52. The Morgan fingerprint density at radius 1 is 1.80 bits per heavy atom. The molecule has 56 valence electrons. The van der Waals surface area contributed by atoms with E-state index in [0.717, 1.165) is 12.8 Å². The van der Waals surface area contributed by atoms with Crippen molar-refractivity contribution in [1.29, 1.82) is 5.26 Å². The number of hydrogen-bond acceptors (Lipinski definition) is 3. The van der Waals surface area contributed by atoms with Gasteiger partial charge >= 0.3 is 0 Å². The van der Waals surface area contributed by atoms with Crippen LogP contribution in [0.4, 0.5) is 0 Å². The minimum Gasteiger partial charge on any atom is -0.393 e. The first-order chi connectivity index (χ1) is 4.72. The molecule has 0 amide bonds. The average molecular weight is 140 g/mol. The van der Waals surface area contributed by atoms with Crippen LogP contribution in [0.1, 0.15) is 19.3 Å². The lowest BCUT2D eigenvalue weighted by Crippen LogP contribution is -2.39. The largest absolute Gasteiger partial charge is 0.393 e. The van der Waals surface area contributed by atoms with Crippen molar-refractivity contribution in [1.82, 2.24) is 5.32 Å². The van der Waals surface area contributed by atoms with Crippen molar-refractivity contribution in [3.8, 4) is 6.07 Å². The summed E-state index contributed by atoms with van der Waals surface area (Å²) >= 11 is 0. The Hall–Kier alpha value is -0.590. The van der Waals surface area contributed by atoms with Crippen LogP contribution in [0.3, 0.4) is 0 Å². The molecule has 0 radical (unpaired) electrons. The van der Waals surface area contributed by atoms with E-state index in [1.807, 2.05) is 0 Å². The van der Waals surface area contributed by atoms with Gasteiger partial charge in [-0.3, -0.25) is 0 Å². The normalized spacial score (nSPS) is 39.5. The molecule has 0 aromatic heterocycles. The second-order valence-corrected chi connectivity index (χ2v) is 2.84. The summed E-state index contributed by atoms with van der Waals surface area (Å²) in [7, 11) is 1.77. The molecule has 0 aromatic rings. The van der Waals surface area contributed by atoms with E-state index in [0.29, 0.717) is 6.42 Å². The number of aliphatic hydroxyl groups excluding tert-OH is 1. The lowest BCUT2D eigenvalue weighted by Gasteiger charge is -2.18. The Morgan fingerprint density at radius 3 is 2.70 bits per heavy atom. The molecule has 1 fully saturated rings. The van der Waals surface area contributed by atoms with Gasteiger partial charge in [-0.1, -0.05) is 0 Å². The molecule has 3 nitrogen and oxygen atoms in total. The third-order valence-corrected chi connectivity index (χ3v) is 2.18. The Bertz CT molecular complexity index is 163. The van der Waals surface area contributed by atoms with E-state index in [1.165, 1.54) is 0 Å². The summed E-state index contributed by atoms with van der Waals surface area (Å²) in [5.74, 6) is 0. The monoisotopic (exact) mass is 140 g/mol. The van der Waals surface area contributed by atoms with E-state index in [9.17, 15) is 0 Å². The maximum absolute atomic E-state index is 9.14. The molecule has 1 aliphatic carbocycles. The highest BCUT2D eigenvalue weighted by Crippen LogP contribution is 2.28. The van der Waals surface area contributed by atoms with Crippen LogP contribution >= 0.6 is 0 Å². The number of nitrogens with zero attached hydrogens (tertiary/aromatic N) is 1. The van der Waals surface area contributed by atoms with Crippen LogP contribution in [-0.4, -0.2) is 23.8 Å². The molecule has 1 saturated carbocycles. The third-order valence-electron chi connectivity index (χ3n) is 2.18. The molecule has 0 bridgehead atoms. The summed E-state index contributed by atoms with van der Waals surface area (Å²) in [4.78, 5) is 0. The van der Waals surface area contributed by atoms with Gasteiger partial charge < -0.3 is 10.4 Å². The van der Waals surface area contributed by atoms with E-state index in [1.54, 1.807) is 7.05 Å². The lowest BCUT2D eigenvalue weighted by molar-refractivity contribution is 0.176. The standard InChI is InChI=1S/C7H12N2O/c1-9-7(5-8)3-2-6(10)4-7/h6,9-10H,2-4H2,1H3. The molecule has 10 heavy (non-hydrogen) atoms. The molecule has 1 rings (SSSR count). The summed E-state index contributed by atoms with van der Waals surface area (Å²) in [6.45, 7) is 0. The van der Waals surface area contributed by atoms with Gasteiger partial charge in [-0.25, -0.2) is 0 Å². The van der Waals surface area contributed by atoms with Gasteiger partial charge in [0.05, 0.1) is 12.2 Å². The molecule has 0 heterocycles. The minimum absolute atomic E-state index is 0.285. The summed E-state index contributed by atoms with van der Waals surface area (Å²) < 4.78 is 0. The van der Waals surface area contributed by atoms with E-state index in [-0.39, 0.29) is 6.10 Å². The Balaban J connectivity index is 2.62. The molecule has 0 aliphatic heterocycles. The van der Waals surface area contributed by atoms with Crippen LogP contribution in [-0.2, 0) is 0 Å². The van der Waals surface area contributed by atoms with Gasteiger partial charge in [0.25, 0.3) is 0 Å². The molecule has 0 saturated heterocycles. The average Bonchev–Trinajstić information content (AvgIpc) is 2.33. The lowest BCUT2D eigenvalue weighted by atomic mass is 10.0. The van der Waals surface area contributed by atoms with E-state index >= 15 is 0 Å². The summed E-state index contributed by atoms with van der Waals surface area (Å²) in [6.07, 6.45) is 1.79. The van der Waals surface area contributed by atoms with Crippen molar-refractivity contribution >= 4 is 0 Å². The van der Waals surface area contributed by atoms with Gasteiger partial charge in [-0.05, 0) is 19.9 Å². The fraction of sp³-hybridized carbons (Fsp3) is 0.857.